The van der Waals surface area contributed by atoms with Crippen LogP contribution in [-0.2, 0) is 34.3 Å². The van der Waals surface area contributed by atoms with Gasteiger partial charge in [0.25, 0.3) is 0 Å². The maximum Gasteiger partial charge on any atom is 0.347 e. The first-order chi connectivity index (χ1) is 16.5. The van der Waals surface area contributed by atoms with E-state index in [9.17, 15) is 9.59 Å². The fraction of sp³-hybridized carbons (Fsp3) is 0.286. The van der Waals surface area contributed by atoms with E-state index in [4.69, 9.17) is 4.74 Å². The van der Waals surface area contributed by atoms with Crippen molar-refractivity contribution in [3.8, 4) is 0 Å². The summed E-state index contributed by atoms with van der Waals surface area (Å²) in [4.78, 5) is 28.8. The molecule has 6 heteroatoms. The molecule has 6 nitrogen and oxygen atoms in total. The molecule has 0 radical (unpaired) electrons. The number of likely N-dealkylation sites (tertiary alicyclic amines) is 1. The molecule has 0 spiro atoms. The molecule has 0 aliphatic carbocycles. The Balaban J connectivity index is 1.54. The SMILES string of the molecule is CN1CC2Cc3c(C4=C(c5cn(C)c6ccccc56)C(=O)OC4=O)c4ccccc4n3CC2C1. The number of para-hydroxylation sites is 2. The number of benzene rings is 2. The molecule has 170 valence electrons. The highest BCUT2D eigenvalue weighted by molar-refractivity contribution is 6.47. The Labute approximate surface area is 197 Å². The first-order valence-electron chi connectivity index (χ1n) is 11.9. The van der Waals surface area contributed by atoms with Crippen LogP contribution >= 0.6 is 0 Å². The molecule has 0 amide bonds. The minimum Gasteiger partial charge on any atom is -0.386 e. The summed E-state index contributed by atoms with van der Waals surface area (Å²) in [6.07, 6.45) is 2.83. The second-order valence-electron chi connectivity index (χ2n) is 9.99. The van der Waals surface area contributed by atoms with E-state index in [0.29, 0.717) is 23.0 Å². The van der Waals surface area contributed by atoms with E-state index in [1.807, 2.05) is 54.2 Å². The van der Waals surface area contributed by atoms with Crippen LogP contribution in [0.3, 0.4) is 0 Å². The first-order valence-corrected chi connectivity index (χ1v) is 11.9. The van der Waals surface area contributed by atoms with E-state index in [1.165, 1.54) is 0 Å². The maximum atomic E-state index is 13.3. The summed E-state index contributed by atoms with van der Waals surface area (Å²) in [6.45, 7) is 3.09. The maximum absolute atomic E-state index is 13.3. The van der Waals surface area contributed by atoms with Gasteiger partial charge in [0.15, 0.2) is 0 Å². The number of rotatable bonds is 2. The van der Waals surface area contributed by atoms with Gasteiger partial charge in [-0.15, -0.1) is 0 Å². The molecule has 2 aromatic carbocycles. The fourth-order valence-electron chi connectivity index (χ4n) is 6.55. The van der Waals surface area contributed by atoms with Gasteiger partial charge in [-0.3, -0.25) is 0 Å². The lowest BCUT2D eigenvalue weighted by molar-refractivity contribution is -0.149. The van der Waals surface area contributed by atoms with Crippen molar-refractivity contribution in [1.82, 2.24) is 14.0 Å². The molecule has 3 aliphatic heterocycles. The van der Waals surface area contributed by atoms with Crippen molar-refractivity contribution in [2.45, 2.75) is 13.0 Å². The smallest absolute Gasteiger partial charge is 0.347 e. The lowest BCUT2D eigenvalue weighted by atomic mass is 9.85. The van der Waals surface area contributed by atoms with Crippen LogP contribution in [0.4, 0.5) is 0 Å². The van der Waals surface area contributed by atoms with Crippen LogP contribution in [0.2, 0.25) is 0 Å². The van der Waals surface area contributed by atoms with Gasteiger partial charge in [0.2, 0.25) is 0 Å². The number of hydrogen-bond donors (Lipinski definition) is 0. The monoisotopic (exact) mass is 451 g/mol. The summed E-state index contributed by atoms with van der Waals surface area (Å²) in [7, 11) is 4.14. The highest BCUT2D eigenvalue weighted by Gasteiger charge is 2.42. The van der Waals surface area contributed by atoms with E-state index >= 15 is 0 Å². The highest BCUT2D eigenvalue weighted by atomic mass is 16.6. The molecule has 0 N–H and O–H groups in total. The lowest BCUT2D eigenvalue weighted by Gasteiger charge is -2.28. The topological polar surface area (TPSA) is 56.5 Å². The van der Waals surface area contributed by atoms with Crippen LogP contribution in [0, 0.1) is 11.8 Å². The van der Waals surface area contributed by atoms with Crippen LogP contribution in [0.1, 0.15) is 16.8 Å². The Bertz CT molecular complexity index is 1570. The highest BCUT2D eigenvalue weighted by Crippen LogP contribution is 2.45. The van der Waals surface area contributed by atoms with Gasteiger partial charge < -0.3 is 18.8 Å². The molecule has 1 saturated heterocycles. The number of carbonyl (C=O) groups excluding carboxylic acids is 2. The summed E-state index contributed by atoms with van der Waals surface area (Å²) in [5.41, 5.74) is 5.71. The molecule has 0 saturated carbocycles. The largest absolute Gasteiger partial charge is 0.386 e. The van der Waals surface area contributed by atoms with Crippen molar-refractivity contribution in [3.05, 3.63) is 71.5 Å². The first kappa shape index (κ1) is 19.8. The third kappa shape index (κ3) is 2.60. The summed E-state index contributed by atoms with van der Waals surface area (Å²) in [5.74, 6) is 0.0487. The second-order valence-corrected chi connectivity index (χ2v) is 9.99. The fourth-order valence-corrected chi connectivity index (χ4v) is 6.55. The number of ether oxygens (including phenoxy) is 1. The zero-order chi connectivity index (χ0) is 23.1. The standard InChI is InChI=1S/C28H25N3O3/c1-29-12-16-11-23-24(19-8-4-6-10-22(19)31(23)14-17(16)13-29)26-25(27(32)34-28(26)33)20-15-30(2)21-9-5-3-7-18(20)21/h3-10,15-17H,11-14H2,1-2H3. The second kappa shape index (κ2) is 6.93. The molecular formula is C28H25N3O3. The van der Waals surface area contributed by atoms with Crippen molar-refractivity contribution in [1.29, 1.82) is 0 Å². The number of esters is 2. The Morgan fingerprint density at radius 1 is 0.794 bits per heavy atom. The van der Waals surface area contributed by atoms with Crippen LogP contribution in [-0.4, -0.2) is 46.1 Å². The van der Waals surface area contributed by atoms with Crippen LogP contribution < -0.4 is 0 Å². The molecule has 3 aliphatic rings. The van der Waals surface area contributed by atoms with Gasteiger partial charge in [0.1, 0.15) is 0 Å². The predicted octanol–water partition coefficient (Wildman–Crippen LogP) is 3.86. The van der Waals surface area contributed by atoms with Gasteiger partial charge in [-0.25, -0.2) is 9.59 Å². The third-order valence-electron chi connectivity index (χ3n) is 7.97. The van der Waals surface area contributed by atoms with Crippen LogP contribution in [0.15, 0.2) is 54.7 Å². The lowest BCUT2D eigenvalue weighted by Crippen LogP contribution is -2.28. The molecule has 2 aromatic heterocycles. The van der Waals surface area contributed by atoms with Gasteiger partial charge in [-0.1, -0.05) is 36.4 Å². The Morgan fingerprint density at radius 2 is 1.47 bits per heavy atom. The molecule has 34 heavy (non-hydrogen) atoms. The van der Waals surface area contributed by atoms with E-state index < -0.39 is 11.9 Å². The number of nitrogens with zero attached hydrogens (tertiary/aromatic N) is 3. The van der Waals surface area contributed by atoms with Crippen molar-refractivity contribution in [3.63, 3.8) is 0 Å². The molecule has 0 bridgehead atoms. The van der Waals surface area contributed by atoms with Crippen molar-refractivity contribution in [2.24, 2.45) is 18.9 Å². The average Bonchev–Trinajstić information content (AvgIpc) is 3.53. The number of aryl methyl sites for hydroxylation is 1. The average molecular weight is 452 g/mol. The van der Waals surface area contributed by atoms with Crippen LogP contribution in [0.25, 0.3) is 33.0 Å². The molecule has 5 heterocycles. The zero-order valence-corrected chi connectivity index (χ0v) is 19.2. The van der Waals surface area contributed by atoms with E-state index in [0.717, 1.165) is 64.7 Å². The Kier molecular flexibility index (Phi) is 4.04. The quantitative estimate of drug-likeness (QED) is 0.343. The summed E-state index contributed by atoms with van der Waals surface area (Å²) >= 11 is 0. The molecule has 2 atom stereocenters. The summed E-state index contributed by atoms with van der Waals surface area (Å²) in [5, 5.41) is 1.96. The predicted molar refractivity (Wildman–Crippen MR) is 131 cm³/mol. The van der Waals surface area contributed by atoms with Crippen molar-refractivity contribution < 1.29 is 14.3 Å². The van der Waals surface area contributed by atoms with E-state index in [1.54, 1.807) is 0 Å². The van der Waals surface area contributed by atoms with Gasteiger partial charge in [-0.2, -0.15) is 0 Å². The number of hydrogen-bond acceptors (Lipinski definition) is 4. The zero-order valence-electron chi connectivity index (χ0n) is 19.2. The number of carbonyl (C=O) groups is 2. The van der Waals surface area contributed by atoms with Gasteiger partial charge >= 0.3 is 11.9 Å². The van der Waals surface area contributed by atoms with Gasteiger partial charge in [0, 0.05) is 71.5 Å². The van der Waals surface area contributed by atoms with Crippen molar-refractivity contribution >= 4 is 44.9 Å². The minimum atomic E-state index is -0.560. The number of fused-ring (bicyclic) bond motifs is 5. The molecular weight excluding hydrogens is 426 g/mol. The minimum absolute atomic E-state index is 0.381. The number of aromatic nitrogens is 2. The Hall–Kier alpha value is -3.64. The Morgan fingerprint density at radius 3 is 2.29 bits per heavy atom. The van der Waals surface area contributed by atoms with Gasteiger partial charge in [0.05, 0.1) is 11.1 Å². The van der Waals surface area contributed by atoms with E-state index in [-0.39, 0.29) is 0 Å². The summed E-state index contributed by atoms with van der Waals surface area (Å²) in [6, 6.07) is 16.2. The normalized spacial score (nSPS) is 22.6. The third-order valence-corrected chi connectivity index (χ3v) is 7.97. The van der Waals surface area contributed by atoms with Gasteiger partial charge in [-0.05, 0) is 37.4 Å². The van der Waals surface area contributed by atoms with E-state index in [2.05, 4.69) is 28.6 Å². The summed E-state index contributed by atoms with van der Waals surface area (Å²) < 4.78 is 9.67. The van der Waals surface area contributed by atoms with Crippen LogP contribution in [0.5, 0.6) is 0 Å². The molecule has 4 aromatic rings. The molecule has 7 rings (SSSR count). The molecule has 2 unspecified atom stereocenters. The number of cyclic esters (lactones) is 2. The van der Waals surface area contributed by atoms with Crippen molar-refractivity contribution in [2.75, 3.05) is 20.1 Å². The molecule has 1 fully saturated rings.